The average molecular weight is 262 g/mol. The smallest absolute Gasteiger partial charge is 0.151 e. The van der Waals surface area contributed by atoms with Gasteiger partial charge in [0.25, 0.3) is 0 Å². The second-order valence-electron chi connectivity index (χ2n) is 6.28. The summed E-state index contributed by atoms with van der Waals surface area (Å²) < 4.78 is 0. The number of benzene rings is 1. The summed E-state index contributed by atoms with van der Waals surface area (Å²) in [5, 5.41) is 2.22. The van der Waals surface area contributed by atoms with E-state index in [2.05, 4.69) is 45.0 Å². The van der Waals surface area contributed by atoms with Crippen molar-refractivity contribution in [3.8, 4) is 11.1 Å². The molecule has 0 heterocycles. The fraction of sp³-hybridized carbons (Fsp3) is 0.211. The van der Waals surface area contributed by atoms with Crippen molar-refractivity contribution in [1.29, 1.82) is 0 Å². The first-order valence-corrected chi connectivity index (χ1v) is 6.92. The molecule has 2 aliphatic carbocycles. The lowest BCUT2D eigenvalue weighted by Crippen LogP contribution is -2.10. The number of fused-ring (bicyclic) bond motifs is 3. The zero-order valence-corrected chi connectivity index (χ0v) is 12.1. The Morgan fingerprint density at radius 3 is 2.20 bits per heavy atom. The van der Waals surface area contributed by atoms with Crippen molar-refractivity contribution < 1.29 is 4.79 Å². The topological polar surface area (TPSA) is 17.1 Å². The van der Waals surface area contributed by atoms with Crippen LogP contribution in [0.1, 0.15) is 36.7 Å². The van der Waals surface area contributed by atoms with Gasteiger partial charge in [-0.05, 0) is 38.9 Å². The maximum absolute atomic E-state index is 11.5. The Morgan fingerprint density at radius 2 is 1.55 bits per heavy atom. The lowest BCUT2D eigenvalue weighted by molar-refractivity contribution is 0.112. The minimum atomic E-state index is 0.107. The normalized spacial score (nSPS) is 11.9. The molecule has 100 valence electrons. The summed E-state index contributed by atoms with van der Waals surface area (Å²) in [7, 11) is 0. The zero-order valence-electron chi connectivity index (χ0n) is 12.1. The maximum Gasteiger partial charge on any atom is 0.151 e. The van der Waals surface area contributed by atoms with Crippen LogP contribution in [0.25, 0.3) is 21.9 Å². The highest BCUT2D eigenvalue weighted by Gasteiger charge is 2.19. The third-order valence-corrected chi connectivity index (χ3v) is 3.91. The quantitative estimate of drug-likeness (QED) is 0.560. The Balaban J connectivity index is 2.43. The van der Waals surface area contributed by atoms with E-state index < -0.39 is 0 Å². The molecule has 0 aliphatic heterocycles. The second-order valence-corrected chi connectivity index (χ2v) is 6.28. The van der Waals surface area contributed by atoms with Crippen molar-refractivity contribution in [3.05, 3.63) is 59.7 Å². The van der Waals surface area contributed by atoms with Gasteiger partial charge < -0.3 is 0 Å². The third-order valence-electron chi connectivity index (χ3n) is 3.91. The molecular formula is C19H18O. The molecular weight excluding hydrogens is 244 g/mol. The summed E-state index contributed by atoms with van der Waals surface area (Å²) in [4.78, 5) is 11.5. The van der Waals surface area contributed by atoms with Crippen LogP contribution in [-0.2, 0) is 5.41 Å². The van der Waals surface area contributed by atoms with Crippen LogP contribution >= 0.6 is 0 Å². The van der Waals surface area contributed by atoms with Crippen molar-refractivity contribution in [3.63, 3.8) is 0 Å². The molecule has 0 fully saturated rings. The van der Waals surface area contributed by atoms with Crippen LogP contribution in [0.5, 0.6) is 0 Å². The van der Waals surface area contributed by atoms with E-state index in [1.54, 1.807) is 0 Å². The summed E-state index contributed by atoms with van der Waals surface area (Å²) in [6.07, 6.45) is 0.974. The molecule has 20 heavy (non-hydrogen) atoms. The number of aldehydes is 1. The Morgan fingerprint density at radius 1 is 0.850 bits per heavy atom. The zero-order chi connectivity index (χ0) is 14.3. The first-order chi connectivity index (χ1) is 9.52. The summed E-state index contributed by atoms with van der Waals surface area (Å²) >= 11 is 0. The Kier molecular flexibility index (Phi) is 2.86. The van der Waals surface area contributed by atoms with E-state index in [1.165, 1.54) is 10.9 Å². The first kappa shape index (κ1) is 12.9. The third kappa shape index (κ3) is 1.90. The summed E-state index contributed by atoms with van der Waals surface area (Å²) in [5.74, 6) is 0. The van der Waals surface area contributed by atoms with E-state index in [1.807, 2.05) is 24.3 Å². The first-order valence-electron chi connectivity index (χ1n) is 6.92. The highest BCUT2D eigenvalue weighted by atomic mass is 16.1. The molecule has 1 aromatic carbocycles. The van der Waals surface area contributed by atoms with Crippen molar-refractivity contribution >= 4 is 17.1 Å². The molecule has 0 saturated heterocycles. The molecule has 3 rings (SSSR count). The van der Waals surface area contributed by atoms with E-state index in [4.69, 9.17) is 0 Å². The van der Waals surface area contributed by atoms with Crippen molar-refractivity contribution in [1.82, 2.24) is 0 Å². The summed E-state index contributed by atoms with van der Waals surface area (Å²) in [6.45, 7) is 6.62. The van der Waals surface area contributed by atoms with Gasteiger partial charge in [0.2, 0.25) is 0 Å². The summed E-state index contributed by atoms with van der Waals surface area (Å²) in [6, 6.07) is 16.6. The average Bonchev–Trinajstić information content (AvgIpc) is 2.56. The molecule has 2 aliphatic rings. The van der Waals surface area contributed by atoms with E-state index in [-0.39, 0.29) is 5.41 Å². The molecule has 0 N–H and O–H groups in total. The predicted molar refractivity (Wildman–Crippen MR) is 84.7 cm³/mol. The molecule has 0 bridgehead atoms. The van der Waals surface area contributed by atoms with Gasteiger partial charge in [-0.1, -0.05) is 63.2 Å². The monoisotopic (exact) mass is 262 g/mol. The van der Waals surface area contributed by atoms with Crippen LogP contribution in [0.2, 0.25) is 0 Å². The molecule has 1 aromatic rings. The van der Waals surface area contributed by atoms with Gasteiger partial charge in [-0.3, -0.25) is 4.79 Å². The van der Waals surface area contributed by atoms with Crippen LogP contribution in [0, 0.1) is 0 Å². The Hall–Kier alpha value is -2.15. The van der Waals surface area contributed by atoms with Gasteiger partial charge in [-0.15, -0.1) is 0 Å². The second kappa shape index (κ2) is 4.45. The van der Waals surface area contributed by atoms with Crippen LogP contribution in [0.4, 0.5) is 0 Å². The van der Waals surface area contributed by atoms with Crippen LogP contribution < -0.4 is 0 Å². The van der Waals surface area contributed by atoms with Gasteiger partial charge in [-0.25, -0.2) is 0 Å². The standard InChI is InChI=1S/C19H18O/c1-19(2,3)13-9-10-16-17(11-13)14-7-5-4-6-8-15(14)18(16)12-20/h4-12H,1-3H3. The van der Waals surface area contributed by atoms with Gasteiger partial charge in [0.15, 0.2) is 6.29 Å². The van der Waals surface area contributed by atoms with Crippen LogP contribution in [-0.4, -0.2) is 6.29 Å². The molecule has 0 atom stereocenters. The molecule has 0 aromatic heterocycles. The molecule has 0 radical (unpaired) electrons. The van der Waals surface area contributed by atoms with Crippen LogP contribution in [0.15, 0.2) is 48.5 Å². The maximum atomic E-state index is 11.5. The SMILES string of the molecule is CC(C)(C)c1ccc2c(C=O)c3cccccc-3c2c1. The number of hydrogen-bond acceptors (Lipinski definition) is 1. The molecule has 0 saturated carbocycles. The van der Waals surface area contributed by atoms with Gasteiger partial charge in [0, 0.05) is 5.56 Å². The number of carbonyl (C=O) groups excluding carboxylic acids is 1. The van der Waals surface area contributed by atoms with E-state index in [0.29, 0.717) is 0 Å². The van der Waals surface area contributed by atoms with Crippen molar-refractivity contribution in [2.45, 2.75) is 26.2 Å². The highest BCUT2D eigenvalue weighted by molar-refractivity contribution is 6.14. The predicted octanol–water partition coefficient (Wildman–Crippen LogP) is 5.05. The van der Waals surface area contributed by atoms with Crippen LogP contribution in [0.3, 0.4) is 0 Å². The lowest BCUT2D eigenvalue weighted by Gasteiger charge is -2.19. The molecule has 0 spiro atoms. The Bertz CT molecular complexity index is 763. The highest BCUT2D eigenvalue weighted by Crippen LogP contribution is 2.39. The van der Waals surface area contributed by atoms with Gasteiger partial charge in [0.1, 0.15) is 0 Å². The minimum absolute atomic E-state index is 0.107. The minimum Gasteiger partial charge on any atom is -0.298 e. The van der Waals surface area contributed by atoms with Crippen molar-refractivity contribution in [2.75, 3.05) is 0 Å². The molecule has 0 unspecified atom stereocenters. The van der Waals surface area contributed by atoms with Crippen molar-refractivity contribution in [2.24, 2.45) is 0 Å². The molecule has 1 heteroatoms. The largest absolute Gasteiger partial charge is 0.298 e. The fourth-order valence-electron chi connectivity index (χ4n) is 2.76. The Labute approximate surface area is 119 Å². The molecule has 1 nitrogen and oxygen atoms in total. The van der Waals surface area contributed by atoms with Gasteiger partial charge >= 0.3 is 0 Å². The van der Waals surface area contributed by atoms with Gasteiger partial charge in [0.05, 0.1) is 0 Å². The fourth-order valence-corrected chi connectivity index (χ4v) is 2.76. The van der Waals surface area contributed by atoms with E-state index in [0.717, 1.165) is 28.4 Å². The number of hydrogen-bond donors (Lipinski definition) is 0. The van der Waals surface area contributed by atoms with Gasteiger partial charge in [-0.2, -0.15) is 0 Å². The molecule has 0 amide bonds. The van der Waals surface area contributed by atoms with E-state index in [9.17, 15) is 4.79 Å². The van der Waals surface area contributed by atoms with E-state index >= 15 is 0 Å². The number of rotatable bonds is 1. The number of carbonyl (C=O) groups is 1. The summed E-state index contributed by atoms with van der Waals surface area (Å²) in [5.41, 5.74) is 4.38. The lowest BCUT2D eigenvalue weighted by atomic mass is 9.86.